The number of nitrogens with one attached hydrogen (secondary N) is 2. The number of rotatable bonds is 6. The van der Waals surface area contributed by atoms with Gasteiger partial charge in [0.25, 0.3) is 11.7 Å². The molecule has 8 heteroatoms. The molecule has 2 N–H and O–H groups in total. The van der Waals surface area contributed by atoms with Gasteiger partial charge in [-0.3, -0.25) is 9.69 Å². The van der Waals surface area contributed by atoms with Gasteiger partial charge in [0.15, 0.2) is 6.54 Å². The fraction of sp³-hybridized carbons (Fsp3) is 0.667. The average molecular weight is 384 g/mol. The molecule has 0 aliphatic carbocycles. The molecule has 26 heavy (non-hydrogen) atoms. The van der Waals surface area contributed by atoms with Crippen molar-refractivity contribution in [1.82, 2.24) is 9.62 Å². The Kier molecular flexibility index (Phi) is 6.63. The van der Waals surface area contributed by atoms with Crippen molar-refractivity contribution in [2.24, 2.45) is 0 Å². The van der Waals surface area contributed by atoms with Gasteiger partial charge in [0.1, 0.15) is 11.1 Å². The van der Waals surface area contributed by atoms with Gasteiger partial charge in [0.2, 0.25) is 10.0 Å². The van der Waals surface area contributed by atoms with Crippen molar-refractivity contribution in [2.75, 3.05) is 31.1 Å². The Balaban J connectivity index is 2.10. The maximum Gasteiger partial charge on any atom is 0.274 e. The Morgan fingerprint density at radius 2 is 1.88 bits per heavy atom. The fourth-order valence-electron chi connectivity index (χ4n) is 3.01. The van der Waals surface area contributed by atoms with Crippen LogP contribution in [0.1, 0.15) is 47.0 Å². The Hall–Kier alpha value is -1.67. The summed E-state index contributed by atoms with van der Waals surface area (Å²) < 4.78 is 27.0. The van der Waals surface area contributed by atoms with Crippen LogP contribution in [0.5, 0.6) is 0 Å². The van der Waals surface area contributed by atoms with E-state index in [1.54, 1.807) is 16.4 Å². The summed E-state index contributed by atoms with van der Waals surface area (Å²) in [7, 11) is -3.45. The molecule has 0 saturated carbocycles. The van der Waals surface area contributed by atoms with E-state index in [4.69, 9.17) is 0 Å². The molecule has 0 bridgehead atoms. The number of amides is 1. The zero-order valence-corrected chi connectivity index (χ0v) is 17.0. The van der Waals surface area contributed by atoms with Crippen LogP contribution in [0, 0.1) is 0 Å². The smallest absolute Gasteiger partial charge is 0.274 e. The van der Waals surface area contributed by atoms with Crippen LogP contribution in [0.4, 0.5) is 5.82 Å². The average Bonchev–Trinajstić information content (AvgIpc) is 2.59. The number of H-pyrrole nitrogens is 1. The molecule has 0 spiro atoms. The van der Waals surface area contributed by atoms with Crippen molar-refractivity contribution in [3.63, 3.8) is 0 Å². The normalized spacial score (nSPS) is 16.3. The van der Waals surface area contributed by atoms with E-state index in [1.165, 1.54) is 6.20 Å². The molecule has 1 aliphatic heterocycles. The van der Waals surface area contributed by atoms with Crippen LogP contribution in [0.2, 0.25) is 0 Å². The van der Waals surface area contributed by atoms with Gasteiger partial charge >= 0.3 is 0 Å². The second-order valence-corrected chi connectivity index (χ2v) is 9.62. The summed E-state index contributed by atoms with van der Waals surface area (Å²) in [6.07, 6.45) is 4.42. The molecule has 1 aliphatic rings. The maximum atomic E-state index is 12.7. The summed E-state index contributed by atoms with van der Waals surface area (Å²) in [5.74, 6) is 0.645. The maximum absolute atomic E-state index is 12.7. The molecule has 0 radical (unpaired) electrons. The number of likely N-dealkylation sites (N-methyl/N-ethyl adjacent to an activating group) is 1. The van der Waals surface area contributed by atoms with Crippen molar-refractivity contribution in [3.8, 4) is 0 Å². The van der Waals surface area contributed by atoms with Crippen molar-refractivity contribution >= 4 is 21.7 Å². The van der Waals surface area contributed by atoms with Gasteiger partial charge in [-0.2, -0.15) is 4.31 Å². The highest BCUT2D eigenvalue weighted by Gasteiger charge is 2.28. The second-order valence-electron chi connectivity index (χ2n) is 7.69. The van der Waals surface area contributed by atoms with Crippen molar-refractivity contribution < 1.29 is 18.2 Å². The summed E-state index contributed by atoms with van der Waals surface area (Å²) in [6, 6.07) is 3.34. The molecule has 7 nitrogen and oxygen atoms in total. The van der Waals surface area contributed by atoms with Crippen LogP contribution in [0.3, 0.4) is 0 Å². The monoisotopic (exact) mass is 383 g/mol. The van der Waals surface area contributed by atoms with E-state index in [2.05, 4.69) is 10.3 Å². The Bertz CT molecular complexity index is 705. The molecule has 1 saturated heterocycles. The second kappa shape index (κ2) is 8.35. The minimum absolute atomic E-state index is 0.0715. The fourth-order valence-corrected chi connectivity index (χ4v) is 4.50. The molecule has 2 rings (SSSR count). The van der Waals surface area contributed by atoms with Crippen LogP contribution in [-0.4, -0.2) is 50.3 Å². The number of hydrogen-bond donors (Lipinski definition) is 1. The molecule has 0 atom stereocenters. The lowest BCUT2D eigenvalue weighted by atomic mass is 10.1. The molecule has 1 aromatic heterocycles. The van der Waals surface area contributed by atoms with E-state index < -0.39 is 10.0 Å². The number of aromatic nitrogens is 1. The van der Waals surface area contributed by atoms with Gasteiger partial charge in [-0.25, -0.2) is 13.4 Å². The highest BCUT2D eigenvalue weighted by Crippen LogP contribution is 2.20. The highest BCUT2D eigenvalue weighted by atomic mass is 32.2. The van der Waals surface area contributed by atoms with Gasteiger partial charge in [0.05, 0.1) is 6.54 Å². The van der Waals surface area contributed by atoms with E-state index in [-0.39, 0.29) is 22.9 Å². The number of piperidine rings is 1. The lowest BCUT2D eigenvalue weighted by Crippen LogP contribution is -2.46. The van der Waals surface area contributed by atoms with E-state index >= 15 is 0 Å². The molecule has 1 aromatic rings. The topological polar surface area (TPSA) is 83.9 Å². The molecular formula is C18H31N4O3S+. The third-order valence-electron chi connectivity index (χ3n) is 4.29. The largest absolute Gasteiger partial charge is 0.348 e. The zero-order chi connectivity index (χ0) is 19.4. The van der Waals surface area contributed by atoms with Crippen LogP contribution in [0.15, 0.2) is 23.2 Å². The highest BCUT2D eigenvalue weighted by molar-refractivity contribution is 7.89. The lowest BCUT2D eigenvalue weighted by molar-refractivity contribution is -0.367. The Morgan fingerprint density at radius 3 is 2.38 bits per heavy atom. The zero-order valence-electron chi connectivity index (χ0n) is 16.2. The number of aromatic amines is 1. The van der Waals surface area contributed by atoms with Crippen LogP contribution in [-0.2, 0) is 14.8 Å². The quantitative estimate of drug-likeness (QED) is 0.805. The summed E-state index contributed by atoms with van der Waals surface area (Å²) in [4.78, 5) is 17.3. The predicted octanol–water partition coefficient (Wildman–Crippen LogP) is 1.42. The molecule has 0 aromatic carbocycles. The van der Waals surface area contributed by atoms with Gasteiger partial charge in [-0.1, -0.05) is 6.42 Å². The standard InChI is InChI=1S/C18H30N4O3S/c1-5-21(14-17(23)20-18(2,3)4)16-10-9-15(13-19-16)26(24,25)22-11-7-6-8-12-22/h9-10,13H,5-8,11-12,14H2,1-4H3,(H,20,23)/p+1. The van der Waals surface area contributed by atoms with E-state index in [0.717, 1.165) is 19.3 Å². The number of sulfonamides is 1. The first kappa shape index (κ1) is 20.6. The van der Waals surface area contributed by atoms with Gasteiger partial charge < -0.3 is 5.32 Å². The molecule has 2 heterocycles. The van der Waals surface area contributed by atoms with Gasteiger partial charge in [-0.15, -0.1) is 0 Å². The van der Waals surface area contributed by atoms with Gasteiger partial charge in [-0.05, 0) is 46.6 Å². The summed E-state index contributed by atoms with van der Waals surface area (Å²) in [5.41, 5.74) is -0.285. The van der Waals surface area contributed by atoms with Crippen molar-refractivity contribution in [2.45, 2.75) is 57.4 Å². The minimum Gasteiger partial charge on any atom is -0.348 e. The lowest BCUT2D eigenvalue weighted by Gasteiger charge is -2.25. The third-order valence-corrected chi connectivity index (χ3v) is 6.19. The number of nitrogens with zero attached hydrogens (tertiary/aromatic N) is 2. The van der Waals surface area contributed by atoms with Gasteiger partial charge in [0, 0.05) is 24.7 Å². The first-order valence-corrected chi connectivity index (χ1v) is 10.7. The van der Waals surface area contributed by atoms with Crippen molar-refractivity contribution in [1.29, 1.82) is 0 Å². The SMILES string of the molecule is CCN(CC(=O)NC(C)(C)C)c1ccc(S(=O)(=O)N2CCCCC2)c[nH+]1. The molecule has 146 valence electrons. The molecule has 1 amide bonds. The van der Waals surface area contributed by atoms with Crippen LogP contribution in [0.25, 0.3) is 0 Å². The van der Waals surface area contributed by atoms with E-state index in [1.807, 2.05) is 32.6 Å². The Labute approximate surface area is 156 Å². The van der Waals surface area contributed by atoms with Crippen molar-refractivity contribution in [3.05, 3.63) is 18.3 Å². The number of pyridine rings is 1. The van der Waals surface area contributed by atoms with Crippen LogP contribution >= 0.6 is 0 Å². The third kappa shape index (κ3) is 5.41. The van der Waals surface area contributed by atoms with E-state index in [0.29, 0.717) is 25.5 Å². The summed E-state index contributed by atoms with van der Waals surface area (Å²) in [5, 5.41) is 2.94. The minimum atomic E-state index is -3.45. The number of hydrogen-bond acceptors (Lipinski definition) is 4. The van der Waals surface area contributed by atoms with E-state index in [9.17, 15) is 13.2 Å². The Morgan fingerprint density at radius 1 is 1.23 bits per heavy atom. The number of anilines is 1. The molecule has 1 fully saturated rings. The summed E-state index contributed by atoms with van der Waals surface area (Å²) in [6.45, 7) is 9.77. The first-order chi connectivity index (χ1) is 12.1. The summed E-state index contributed by atoms with van der Waals surface area (Å²) >= 11 is 0. The molecule has 0 unspecified atom stereocenters. The van der Waals surface area contributed by atoms with Crippen LogP contribution < -0.4 is 15.2 Å². The number of carbonyl (C=O) groups is 1. The molecular weight excluding hydrogens is 352 g/mol. The predicted molar refractivity (Wildman–Crippen MR) is 101 cm³/mol. The number of carbonyl (C=O) groups excluding carboxylic acids is 1. The first-order valence-electron chi connectivity index (χ1n) is 9.21.